The van der Waals surface area contributed by atoms with Gasteiger partial charge in [-0.15, -0.1) is 12.4 Å². The molecule has 1 N–H and O–H groups in total. The second kappa shape index (κ2) is 11.5. The topological polar surface area (TPSA) is 47.6 Å². The molecule has 0 saturated carbocycles. The van der Waals surface area contributed by atoms with E-state index in [-0.39, 0.29) is 30.3 Å². The quantitative estimate of drug-likeness (QED) is 0.425. The van der Waals surface area contributed by atoms with Crippen molar-refractivity contribution in [2.45, 2.75) is 39.5 Å². The molecule has 0 aliphatic heterocycles. The monoisotopic (exact) mass is 439 g/mol. The van der Waals surface area contributed by atoms with E-state index < -0.39 is 0 Å². The lowest BCUT2D eigenvalue weighted by Gasteiger charge is -2.20. The number of nitrogens with one attached hydrogen (secondary N) is 1. The SMILES string of the molecule is CC(C)(C)NCC(=O)c1cc(OCc2ccccc2)cc(OCc2ccccc2)c1.Cl. The maximum absolute atomic E-state index is 12.8. The number of hydrogen-bond acceptors (Lipinski definition) is 4. The predicted octanol–water partition coefficient (Wildman–Crippen LogP) is 5.84. The molecule has 0 bridgehead atoms. The van der Waals surface area contributed by atoms with Crippen LogP contribution < -0.4 is 14.8 Å². The van der Waals surface area contributed by atoms with Crippen molar-refractivity contribution >= 4 is 18.2 Å². The molecule has 0 fully saturated rings. The summed E-state index contributed by atoms with van der Waals surface area (Å²) in [5.41, 5.74) is 2.56. The lowest BCUT2D eigenvalue weighted by molar-refractivity contribution is 0.0981. The fraction of sp³-hybridized carbons (Fsp3) is 0.269. The molecule has 4 nitrogen and oxygen atoms in total. The molecule has 0 spiro atoms. The van der Waals surface area contributed by atoms with Crippen molar-refractivity contribution in [2.24, 2.45) is 0 Å². The molecule has 0 aromatic heterocycles. The zero-order valence-electron chi connectivity index (χ0n) is 18.3. The van der Waals surface area contributed by atoms with Gasteiger partial charge in [0.25, 0.3) is 0 Å². The molecule has 0 amide bonds. The van der Waals surface area contributed by atoms with Gasteiger partial charge in [-0.05, 0) is 44.0 Å². The Bertz CT molecular complexity index is 892. The number of carbonyl (C=O) groups excluding carboxylic acids is 1. The molecule has 0 aliphatic rings. The van der Waals surface area contributed by atoms with Crippen molar-refractivity contribution in [3.63, 3.8) is 0 Å². The van der Waals surface area contributed by atoms with Crippen LogP contribution in [0.1, 0.15) is 42.3 Å². The van der Waals surface area contributed by atoms with E-state index in [1.807, 2.05) is 87.5 Å². The van der Waals surface area contributed by atoms with Crippen LogP contribution in [-0.2, 0) is 13.2 Å². The number of ether oxygens (including phenoxy) is 2. The van der Waals surface area contributed by atoms with Gasteiger partial charge in [0.2, 0.25) is 0 Å². The highest BCUT2D eigenvalue weighted by Crippen LogP contribution is 2.25. The zero-order valence-corrected chi connectivity index (χ0v) is 19.1. The molecular formula is C26H30ClNO3. The van der Waals surface area contributed by atoms with E-state index in [1.54, 1.807) is 12.1 Å². The van der Waals surface area contributed by atoms with E-state index in [2.05, 4.69) is 5.32 Å². The Hall–Kier alpha value is -2.82. The predicted molar refractivity (Wildman–Crippen MR) is 127 cm³/mol. The Labute approximate surface area is 191 Å². The minimum atomic E-state index is -0.135. The van der Waals surface area contributed by atoms with E-state index in [0.717, 1.165) is 11.1 Å². The maximum Gasteiger partial charge on any atom is 0.176 e. The van der Waals surface area contributed by atoms with E-state index in [4.69, 9.17) is 9.47 Å². The minimum Gasteiger partial charge on any atom is -0.489 e. The fourth-order valence-electron chi connectivity index (χ4n) is 2.83. The van der Waals surface area contributed by atoms with Gasteiger partial charge in [0.1, 0.15) is 24.7 Å². The molecule has 164 valence electrons. The molecule has 0 atom stereocenters. The highest BCUT2D eigenvalue weighted by atomic mass is 35.5. The Kier molecular flexibility index (Phi) is 9.10. The molecule has 0 aliphatic carbocycles. The van der Waals surface area contributed by atoms with E-state index >= 15 is 0 Å². The van der Waals surface area contributed by atoms with Gasteiger partial charge in [-0.3, -0.25) is 4.79 Å². The Balaban J connectivity index is 0.00000341. The van der Waals surface area contributed by atoms with Crippen LogP contribution in [-0.4, -0.2) is 17.9 Å². The molecule has 3 aromatic rings. The van der Waals surface area contributed by atoms with Crippen molar-refractivity contribution < 1.29 is 14.3 Å². The molecule has 0 heterocycles. The van der Waals surface area contributed by atoms with Crippen LogP contribution in [0.3, 0.4) is 0 Å². The van der Waals surface area contributed by atoms with Crippen molar-refractivity contribution in [3.8, 4) is 11.5 Å². The largest absolute Gasteiger partial charge is 0.489 e. The summed E-state index contributed by atoms with van der Waals surface area (Å²) in [5.74, 6) is 1.23. The zero-order chi connectivity index (χ0) is 21.4. The van der Waals surface area contributed by atoms with Gasteiger partial charge in [-0.2, -0.15) is 0 Å². The average Bonchev–Trinajstić information content (AvgIpc) is 2.75. The number of ketones is 1. The lowest BCUT2D eigenvalue weighted by Crippen LogP contribution is -2.39. The summed E-state index contributed by atoms with van der Waals surface area (Å²) in [6, 6.07) is 25.3. The van der Waals surface area contributed by atoms with Crippen LogP contribution in [0.2, 0.25) is 0 Å². The van der Waals surface area contributed by atoms with Gasteiger partial charge in [0, 0.05) is 17.2 Å². The van der Waals surface area contributed by atoms with Crippen LogP contribution in [0, 0.1) is 0 Å². The third-order valence-corrected chi connectivity index (χ3v) is 4.48. The first-order valence-corrected chi connectivity index (χ1v) is 10.2. The van der Waals surface area contributed by atoms with Crippen LogP contribution >= 0.6 is 12.4 Å². The Morgan fingerprint density at radius 1 is 0.774 bits per heavy atom. The van der Waals surface area contributed by atoms with E-state index in [9.17, 15) is 4.79 Å². The van der Waals surface area contributed by atoms with Crippen LogP contribution in [0.5, 0.6) is 11.5 Å². The molecule has 3 rings (SSSR count). The summed E-state index contributed by atoms with van der Waals surface area (Å²) in [7, 11) is 0. The number of Topliss-reactive ketones (excluding diaryl/α,β-unsaturated/α-hetero) is 1. The van der Waals surface area contributed by atoms with Gasteiger partial charge in [0.05, 0.1) is 6.54 Å². The highest BCUT2D eigenvalue weighted by molar-refractivity contribution is 5.98. The first-order chi connectivity index (χ1) is 14.4. The van der Waals surface area contributed by atoms with Crippen molar-refractivity contribution in [1.29, 1.82) is 0 Å². The summed E-state index contributed by atoms with van der Waals surface area (Å²) in [6.07, 6.45) is 0. The van der Waals surface area contributed by atoms with Crippen LogP contribution in [0.25, 0.3) is 0 Å². The lowest BCUT2D eigenvalue weighted by atomic mass is 10.1. The van der Waals surface area contributed by atoms with E-state index in [0.29, 0.717) is 30.3 Å². The van der Waals surface area contributed by atoms with E-state index in [1.165, 1.54) is 0 Å². The van der Waals surface area contributed by atoms with Crippen LogP contribution in [0.15, 0.2) is 78.9 Å². The molecule has 0 unspecified atom stereocenters. The third kappa shape index (κ3) is 8.44. The van der Waals surface area contributed by atoms with Gasteiger partial charge in [0.15, 0.2) is 5.78 Å². The first kappa shape index (κ1) is 24.4. The Morgan fingerprint density at radius 2 is 1.23 bits per heavy atom. The summed E-state index contributed by atoms with van der Waals surface area (Å²) in [6.45, 7) is 7.22. The van der Waals surface area contributed by atoms with Gasteiger partial charge in [-0.25, -0.2) is 0 Å². The summed E-state index contributed by atoms with van der Waals surface area (Å²) < 4.78 is 11.9. The molecule has 0 saturated heterocycles. The smallest absolute Gasteiger partial charge is 0.176 e. The van der Waals surface area contributed by atoms with Gasteiger partial charge >= 0.3 is 0 Å². The standard InChI is InChI=1S/C26H29NO3.ClH/c1-26(2,3)27-17-25(28)22-14-23(29-18-20-10-6-4-7-11-20)16-24(15-22)30-19-21-12-8-5-9-13-21;/h4-16,27H,17-19H2,1-3H3;1H. The normalized spacial score (nSPS) is 10.8. The number of carbonyl (C=O) groups is 1. The minimum absolute atomic E-state index is 0. The second-order valence-corrected chi connectivity index (χ2v) is 8.27. The number of rotatable bonds is 9. The number of hydrogen-bond donors (Lipinski definition) is 1. The molecule has 3 aromatic carbocycles. The molecular weight excluding hydrogens is 410 g/mol. The number of benzene rings is 3. The first-order valence-electron chi connectivity index (χ1n) is 10.2. The van der Waals surface area contributed by atoms with Crippen LogP contribution in [0.4, 0.5) is 0 Å². The average molecular weight is 440 g/mol. The van der Waals surface area contributed by atoms with Crippen molar-refractivity contribution in [1.82, 2.24) is 5.32 Å². The second-order valence-electron chi connectivity index (χ2n) is 8.27. The highest BCUT2D eigenvalue weighted by Gasteiger charge is 2.15. The fourth-order valence-corrected chi connectivity index (χ4v) is 2.83. The third-order valence-electron chi connectivity index (χ3n) is 4.48. The summed E-state index contributed by atoms with van der Waals surface area (Å²) in [4.78, 5) is 12.8. The summed E-state index contributed by atoms with van der Waals surface area (Å²) in [5, 5.41) is 3.24. The molecule has 5 heteroatoms. The van der Waals surface area contributed by atoms with Gasteiger partial charge in [-0.1, -0.05) is 60.7 Å². The maximum atomic E-state index is 12.8. The van der Waals surface area contributed by atoms with Crippen molar-refractivity contribution in [3.05, 3.63) is 95.6 Å². The van der Waals surface area contributed by atoms with Crippen molar-refractivity contribution in [2.75, 3.05) is 6.54 Å². The molecule has 0 radical (unpaired) electrons. The van der Waals surface area contributed by atoms with Gasteiger partial charge < -0.3 is 14.8 Å². The number of halogens is 1. The molecule has 31 heavy (non-hydrogen) atoms. The Morgan fingerprint density at radius 3 is 1.65 bits per heavy atom. The summed E-state index contributed by atoms with van der Waals surface area (Å²) >= 11 is 0.